The maximum Gasteiger partial charge on any atom is 0.325 e. The van der Waals surface area contributed by atoms with Crippen molar-refractivity contribution in [1.29, 1.82) is 0 Å². The predicted molar refractivity (Wildman–Crippen MR) is 75.7 cm³/mol. The highest BCUT2D eigenvalue weighted by Crippen LogP contribution is 2.22. The Morgan fingerprint density at radius 3 is 2.64 bits per heavy atom. The van der Waals surface area contributed by atoms with Gasteiger partial charge in [-0.15, -0.1) is 0 Å². The van der Waals surface area contributed by atoms with E-state index in [0.29, 0.717) is 13.1 Å². The standard InChI is InChI=1S/C13H18N2O6S/c1-2-20-11(16)9-14-13(17)10-5-6-12(21-10)22(18,19)15-7-3-4-8-15/h5-6H,2-4,7-9H2,1H3,(H,14,17). The molecule has 2 heterocycles. The molecule has 1 aliphatic heterocycles. The molecular weight excluding hydrogens is 312 g/mol. The first-order chi connectivity index (χ1) is 10.4. The fourth-order valence-corrected chi connectivity index (χ4v) is 3.52. The Kier molecular flexibility index (Phi) is 5.19. The molecule has 2 rings (SSSR count). The summed E-state index contributed by atoms with van der Waals surface area (Å²) in [5.41, 5.74) is 0. The minimum absolute atomic E-state index is 0.165. The second kappa shape index (κ2) is 6.93. The predicted octanol–water partition coefficient (Wildman–Crippen LogP) is 0.357. The van der Waals surface area contributed by atoms with Gasteiger partial charge in [-0.05, 0) is 31.9 Å². The van der Waals surface area contributed by atoms with Crippen molar-refractivity contribution in [2.75, 3.05) is 26.2 Å². The van der Waals surface area contributed by atoms with Crippen LogP contribution in [0.15, 0.2) is 21.6 Å². The smallest absolute Gasteiger partial charge is 0.325 e. The van der Waals surface area contributed by atoms with Gasteiger partial charge in [0.1, 0.15) is 6.54 Å². The zero-order valence-corrected chi connectivity index (χ0v) is 13.0. The fourth-order valence-electron chi connectivity index (χ4n) is 2.09. The molecule has 0 spiro atoms. The molecule has 0 aliphatic carbocycles. The van der Waals surface area contributed by atoms with Crippen LogP contribution in [-0.2, 0) is 19.6 Å². The SMILES string of the molecule is CCOC(=O)CNC(=O)c1ccc(S(=O)(=O)N2CCCC2)o1. The number of nitrogens with one attached hydrogen (secondary N) is 1. The first kappa shape index (κ1) is 16.5. The van der Waals surface area contributed by atoms with Gasteiger partial charge in [0.05, 0.1) is 6.61 Å². The number of rotatable bonds is 6. The molecule has 22 heavy (non-hydrogen) atoms. The summed E-state index contributed by atoms with van der Waals surface area (Å²) >= 11 is 0. The van der Waals surface area contributed by atoms with Crippen LogP contribution in [0.3, 0.4) is 0 Å². The van der Waals surface area contributed by atoms with E-state index in [1.165, 1.54) is 16.4 Å². The molecule has 0 atom stereocenters. The van der Waals surface area contributed by atoms with Crippen LogP contribution in [0.5, 0.6) is 0 Å². The molecule has 1 aliphatic rings. The van der Waals surface area contributed by atoms with E-state index in [-0.39, 0.29) is 24.0 Å². The van der Waals surface area contributed by atoms with Crippen LogP contribution in [0.25, 0.3) is 0 Å². The van der Waals surface area contributed by atoms with Crippen LogP contribution >= 0.6 is 0 Å². The van der Waals surface area contributed by atoms with Gasteiger partial charge in [0, 0.05) is 13.1 Å². The van der Waals surface area contributed by atoms with Gasteiger partial charge < -0.3 is 14.5 Å². The Balaban J connectivity index is 2.01. The maximum atomic E-state index is 12.2. The maximum absolute atomic E-state index is 12.2. The molecular formula is C13H18N2O6S. The summed E-state index contributed by atoms with van der Waals surface area (Å²) in [4.78, 5) is 22.9. The Bertz CT molecular complexity index is 645. The quantitative estimate of drug-likeness (QED) is 0.755. The van der Waals surface area contributed by atoms with Crippen molar-refractivity contribution in [3.05, 3.63) is 17.9 Å². The third-order valence-electron chi connectivity index (χ3n) is 3.16. The number of ether oxygens (including phenoxy) is 1. The van der Waals surface area contributed by atoms with Crippen molar-refractivity contribution < 1.29 is 27.2 Å². The zero-order chi connectivity index (χ0) is 16.2. The van der Waals surface area contributed by atoms with E-state index >= 15 is 0 Å². The van der Waals surface area contributed by atoms with Crippen LogP contribution < -0.4 is 5.32 Å². The summed E-state index contributed by atoms with van der Waals surface area (Å²) < 4.78 is 35.6. The molecule has 9 heteroatoms. The normalized spacial score (nSPS) is 15.7. The molecule has 0 aromatic carbocycles. The van der Waals surface area contributed by atoms with Crippen LogP contribution in [0, 0.1) is 0 Å². The zero-order valence-electron chi connectivity index (χ0n) is 12.2. The minimum atomic E-state index is -3.70. The molecule has 0 unspecified atom stereocenters. The first-order valence-corrected chi connectivity index (χ1v) is 8.43. The van der Waals surface area contributed by atoms with Gasteiger partial charge in [0.25, 0.3) is 15.9 Å². The molecule has 0 bridgehead atoms. The summed E-state index contributed by atoms with van der Waals surface area (Å²) in [7, 11) is -3.70. The number of carbonyl (C=O) groups excluding carboxylic acids is 2. The van der Waals surface area contributed by atoms with Gasteiger partial charge in [0.2, 0.25) is 5.09 Å². The lowest BCUT2D eigenvalue weighted by Crippen LogP contribution is -2.30. The molecule has 1 fully saturated rings. The monoisotopic (exact) mass is 330 g/mol. The van der Waals surface area contributed by atoms with Crippen molar-refractivity contribution in [2.24, 2.45) is 0 Å². The number of amides is 1. The fraction of sp³-hybridized carbons (Fsp3) is 0.538. The number of hydrogen-bond donors (Lipinski definition) is 1. The third kappa shape index (κ3) is 3.66. The van der Waals surface area contributed by atoms with Gasteiger partial charge in [0.15, 0.2) is 5.76 Å². The Morgan fingerprint density at radius 1 is 1.32 bits per heavy atom. The van der Waals surface area contributed by atoms with E-state index in [0.717, 1.165) is 12.8 Å². The highest BCUT2D eigenvalue weighted by atomic mass is 32.2. The average Bonchev–Trinajstić information content (AvgIpc) is 3.16. The lowest BCUT2D eigenvalue weighted by atomic mass is 10.4. The number of nitrogens with zero attached hydrogens (tertiary/aromatic N) is 1. The third-order valence-corrected chi connectivity index (χ3v) is 4.94. The highest BCUT2D eigenvalue weighted by molar-refractivity contribution is 7.89. The number of esters is 1. The van der Waals surface area contributed by atoms with E-state index in [1.54, 1.807) is 6.92 Å². The summed E-state index contributed by atoms with van der Waals surface area (Å²) in [6.45, 7) is 2.47. The topological polar surface area (TPSA) is 106 Å². The number of hydrogen-bond acceptors (Lipinski definition) is 6. The molecule has 122 valence electrons. The average molecular weight is 330 g/mol. The van der Waals surface area contributed by atoms with Crippen LogP contribution in [-0.4, -0.2) is 50.8 Å². The van der Waals surface area contributed by atoms with Gasteiger partial charge in [-0.25, -0.2) is 8.42 Å². The summed E-state index contributed by atoms with van der Waals surface area (Å²) in [6, 6.07) is 2.51. The van der Waals surface area contributed by atoms with E-state index in [1.807, 2.05) is 0 Å². The number of sulfonamides is 1. The summed E-state index contributed by atoms with van der Waals surface area (Å²) in [5, 5.41) is 2.03. The van der Waals surface area contributed by atoms with Crippen molar-refractivity contribution >= 4 is 21.9 Å². The van der Waals surface area contributed by atoms with Crippen molar-refractivity contribution in [2.45, 2.75) is 24.9 Å². The van der Waals surface area contributed by atoms with Crippen LogP contribution in [0.1, 0.15) is 30.3 Å². The molecule has 1 N–H and O–H groups in total. The van der Waals surface area contributed by atoms with Crippen molar-refractivity contribution in [1.82, 2.24) is 9.62 Å². The molecule has 8 nitrogen and oxygen atoms in total. The number of furan rings is 1. The Labute approximate surface area is 128 Å². The number of carbonyl (C=O) groups is 2. The molecule has 1 amide bonds. The molecule has 0 saturated carbocycles. The molecule has 1 aromatic heterocycles. The van der Waals surface area contributed by atoms with E-state index in [2.05, 4.69) is 10.1 Å². The second-order valence-electron chi connectivity index (χ2n) is 4.72. The second-order valence-corrected chi connectivity index (χ2v) is 6.59. The Hall–Kier alpha value is -1.87. The molecule has 1 aromatic rings. The van der Waals surface area contributed by atoms with Crippen LogP contribution in [0.2, 0.25) is 0 Å². The van der Waals surface area contributed by atoms with Crippen molar-refractivity contribution in [3.8, 4) is 0 Å². The molecule has 1 saturated heterocycles. The van der Waals surface area contributed by atoms with Gasteiger partial charge in [-0.3, -0.25) is 9.59 Å². The summed E-state index contributed by atoms with van der Waals surface area (Å²) in [5.74, 6) is -1.41. The van der Waals surface area contributed by atoms with E-state index in [4.69, 9.17) is 4.42 Å². The highest BCUT2D eigenvalue weighted by Gasteiger charge is 2.30. The van der Waals surface area contributed by atoms with Gasteiger partial charge in [-0.1, -0.05) is 0 Å². The summed E-state index contributed by atoms with van der Waals surface area (Å²) in [6.07, 6.45) is 1.62. The van der Waals surface area contributed by atoms with Crippen LogP contribution in [0.4, 0.5) is 0 Å². The first-order valence-electron chi connectivity index (χ1n) is 6.99. The van der Waals surface area contributed by atoms with Gasteiger partial charge >= 0.3 is 5.97 Å². The lowest BCUT2D eigenvalue weighted by Gasteiger charge is -2.12. The Morgan fingerprint density at radius 2 is 2.00 bits per heavy atom. The molecule has 0 radical (unpaired) electrons. The van der Waals surface area contributed by atoms with Gasteiger partial charge in [-0.2, -0.15) is 4.31 Å². The minimum Gasteiger partial charge on any atom is -0.465 e. The van der Waals surface area contributed by atoms with Crippen molar-refractivity contribution in [3.63, 3.8) is 0 Å². The largest absolute Gasteiger partial charge is 0.465 e. The van der Waals surface area contributed by atoms with E-state index in [9.17, 15) is 18.0 Å². The lowest BCUT2D eigenvalue weighted by molar-refractivity contribution is -0.141. The van der Waals surface area contributed by atoms with E-state index < -0.39 is 21.9 Å².